The number of hydrogen-bond acceptors (Lipinski definition) is 4. The molecule has 0 radical (unpaired) electrons. The third kappa shape index (κ3) is 5.81. The number of aromatic nitrogens is 2. The SMILES string of the molecule is CCOc1ccccc1OCC(=O)NC[C@@H](C)Cn1nc(C)cc1C. The fourth-order valence-corrected chi connectivity index (χ4v) is 2.55. The van der Waals surface area contributed by atoms with E-state index in [1.165, 1.54) is 0 Å². The molecule has 0 aliphatic carbocycles. The molecule has 136 valence electrons. The van der Waals surface area contributed by atoms with Gasteiger partial charge in [0.15, 0.2) is 18.1 Å². The topological polar surface area (TPSA) is 65.4 Å². The highest BCUT2D eigenvalue weighted by molar-refractivity contribution is 5.77. The molecule has 1 N–H and O–H groups in total. The Morgan fingerprint density at radius 1 is 1.24 bits per heavy atom. The van der Waals surface area contributed by atoms with Crippen LogP contribution in [0, 0.1) is 19.8 Å². The molecule has 6 heteroatoms. The van der Waals surface area contributed by atoms with Crippen molar-refractivity contribution in [3.05, 3.63) is 41.7 Å². The third-order valence-electron chi connectivity index (χ3n) is 3.74. The zero-order valence-electron chi connectivity index (χ0n) is 15.4. The fraction of sp³-hybridized carbons (Fsp3) is 0.474. The van der Waals surface area contributed by atoms with Gasteiger partial charge in [0.2, 0.25) is 0 Å². The first-order chi connectivity index (χ1) is 12.0. The van der Waals surface area contributed by atoms with Crippen LogP contribution < -0.4 is 14.8 Å². The summed E-state index contributed by atoms with van der Waals surface area (Å²) in [5.74, 6) is 1.36. The molecule has 2 rings (SSSR count). The van der Waals surface area contributed by atoms with E-state index in [4.69, 9.17) is 9.47 Å². The second kappa shape index (κ2) is 9.11. The van der Waals surface area contributed by atoms with Crippen molar-refractivity contribution in [3.63, 3.8) is 0 Å². The van der Waals surface area contributed by atoms with Gasteiger partial charge in [0.1, 0.15) is 0 Å². The van der Waals surface area contributed by atoms with Crippen LogP contribution in [-0.4, -0.2) is 35.4 Å². The molecular formula is C19H27N3O3. The largest absolute Gasteiger partial charge is 0.490 e. The molecule has 1 heterocycles. The minimum atomic E-state index is -0.147. The van der Waals surface area contributed by atoms with Crippen molar-refractivity contribution in [2.45, 2.75) is 34.2 Å². The summed E-state index contributed by atoms with van der Waals surface area (Å²) in [7, 11) is 0. The molecule has 0 unspecified atom stereocenters. The quantitative estimate of drug-likeness (QED) is 0.759. The second-order valence-corrected chi connectivity index (χ2v) is 6.19. The molecule has 1 aromatic carbocycles. The number of aryl methyl sites for hydroxylation is 2. The number of carbonyl (C=O) groups excluding carboxylic acids is 1. The fourth-order valence-electron chi connectivity index (χ4n) is 2.55. The molecule has 25 heavy (non-hydrogen) atoms. The van der Waals surface area contributed by atoms with Gasteiger partial charge in [-0.25, -0.2) is 0 Å². The van der Waals surface area contributed by atoms with Crippen LogP contribution in [0.1, 0.15) is 25.2 Å². The number of para-hydroxylation sites is 2. The number of nitrogens with zero attached hydrogens (tertiary/aromatic N) is 2. The number of benzene rings is 1. The Kier molecular flexibility index (Phi) is 6.86. The molecule has 0 fully saturated rings. The van der Waals surface area contributed by atoms with E-state index in [9.17, 15) is 4.79 Å². The first-order valence-corrected chi connectivity index (χ1v) is 8.62. The van der Waals surface area contributed by atoms with E-state index in [0.29, 0.717) is 24.7 Å². The van der Waals surface area contributed by atoms with Gasteiger partial charge in [-0.05, 0) is 44.9 Å². The summed E-state index contributed by atoms with van der Waals surface area (Å²) in [6.45, 7) is 9.88. The molecule has 0 aliphatic rings. The van der Waals surface area contributed by atoms with Crippen LogP contribution in [0.15, 0.2) is 30.3 Å². The Morgan fingerprint density at radius 3 is 2.52 bits per heavy atom. The molecule has 0 spiro atoms. The van der Waals surface area contributed by atoms with Crippen molar-refractivity contribution in [3.8, 4) is 11.5 Å². The van der Waals surface area contributed by atoms with Gasteiger partial charge < -0.3 is 14.8 Å². The summed E-state index contributed by atoms with van der Waals surface area (Å²) < 4.78 is 13.0. The molecule has 1 aromatic heterocycles. The number of hydrogen-bond donors (Lipinski definition) is 1. The highest BCUT2D eigenvalue weighted by Gasteiger charge is 2.11. The molecular weight excluding hydrogens is 318 g/mol. The Morgan fingerprint density at radius 2 is 1.92 bits per heavy atom. The second-order valence-electron chi connectivity index (χ2n) is 6.19. The van der Waals surface area contributed by atoms with Crippen LogP contribution in [0.3, 0.4) is 0 Å². The van der Waals surface area contributed by atoms with Crippen molar-refractivity contribution in [2.75, 3.05) is 19.8 Å². The van der Waals surface area contributed by atoms with E-state index in [-0.39, 0.29) is 18.4 Å². The van der Waals surface area contributed by atoms with Crippen molar-refractivity contribution in [1.29, 1.82) is 0 Å². The molecule has 1 atom stereocenters. The van der Waals surface area contributed by atoms with Gasteiger partial charge in [0, 0.05) is 18.8 Å². The minimum Gasteiger partial charge on any atom is -0.490 e. The van der Waals surface area contributed by atoms with Gasteiger partial charge in [-0.2, -0.15) is 5.10 Å². The number of carbonyl (C=O) groups is 1. The standard InChI is InChI=1S/C19H27N3O3/c1-5-24-17-8-6-7-9-18(17)25-13-19(23)20-11-14(2)12-22-16(4)10-15(3)21-22/h6-10,14H,5,11-13H2,1-4H3,(H,20,23)/t14-/m1/s1. The summed E-state index contributed by atoms with van der Waals surface area (Å²) in [6, 6.07) is 9.40. The lowest BCUT2D eigenvalue weighted by molar-refractivity contribution is -0.123. The molecule has 0 aliphatic heterocycles. The maximum atomic E-state index is 12.0. The normalized spacial score (nSPS) is 11.8. The van der Waals surface area contributed by atoms with Crippen molar-refractivity contribution < 1.29 is 14.3 Å². The predicted molar refractivity (Wildman–Crippen MR) is 97.0 cm³/mol. The maximum absolute atomic E-state index is 12.0. The van der Waals surface area contributed by atoms with Gasteiger partial charge in [-0.1, -0.05) is 19.1 Å². The highest BCUT2D eigenvalue weighted by Crippen LogP contribution is 2.26. The average Bonchev–Trinajstić information content (AvgIpc) is 2.89. The van der Waals surface area contributed by atoms with E-state index in [0.717, 1.165) is 17.9 Å². The van der Waals surface area contributed by atoms with E-state index in [1.807, 2.05) is 43.7 Å². The number of rotatable bonds is 9. The zero-order chi connectivity index (χ0) is 18.2. The smallest absolute Gasteiger partial charge is 0.257 e. The van der Waals surface area contributed by atoms with Gasteiger partial charge in [0.25, 0.3) is 5.91 Å². The van der Waals surface area contributed by atoms with Crippen LogP contribution in [0.2, 0.25) is 0 Å². The third-order valence-corrected chi connectivity index (χ3v) is 3.74. The Bertz CT molecular complexity index is 697. The van der Waals surface area contributed by atoms with Gasteiger partial charge in [-0.15, -0.1) is 0 Å². The minimum absolute atomic E-state index is 0.0310. The summed E-state index contributed by atoms with van der Waals surface area (Å²) in [6.07, 6.45) is 0. The first kappa shape index (κ1) is 18.8. The summed E-state index contributed by atoms with van der Waals surface area (Å²) in [4.78, 5) is 12.0. The van der Waals surface area contributed by atoms with Crippen molar-refractivity contribution in [1.82, 2.24) is 15.1 Å². The number of ether oxygens (including phenoxy) is 2. The Hall–Kier alpha value is -2.50. The highest BCUT2D eigenvalue weighted by atomic mass is 16.5. The van der Waals surface area contributed by atoms with E-state index >= 15 is 0 Å². The number of nitrogens with one attached hydrogen (secondary N) is 1. The maximum Gasteiger partial charge on any atom is 0.257 e. The summed E-state index contributed by atoms with van der Waals surface area (Å²) >= 11 is 0. The van der Waals surface area contributed by atoms with E-state index in [1.54, 1.807) is 6.07 Å². The van der Waals surface area contributed by atoms with Crippen molar-refractivity contribution >= 4 is 5.91 Å². The lowest BCUT2D eigenvalue weighted by atomic mass is 10.2. The number of amides is 1. The molecule has 2 aromatic rings. The average molecular weight is 345 g/mol. The molecule has 6 nitrogen and oxygen atoms in total. The molecule has 1 amide bonds. The van der Waals surface area contributed by atoms with Crippen LogP contribution >= 0.6 is 0 Å². The molecule has 0 bridgehead atoms. The molecule has 0 saturated heterocycles. The van der Waals surface area contributed by atoms with Crippen LogP contribution in [0.4, 0.5) is 0 Å². The molecule has 0 saturated carbocycles. The Labute approximate surface area is 149 Å². The van der Waals surface area contributed by atoms with E-state index in [2.05, 4.69) is 23.4 Å². The van der Waals surface area contributed by atoms with Crippen LogP contribution in [0.25, 0.3) is 0 Å². The van der Waals surface area contributed by atoms with Crippen molar-refractivity contribution in [2.24, 2.45) is 5.92 Å². The van der Waals surface area contributed by atoms with Crippen LogP contribution in [0.5, 0.6) is 11.5 Å². The zero-order valence-corrected chi connectivity index (χ0v) is 15.4. The Balaban J connectivity index is 1.76. The first-order valence-electron chi connectivity index (χ1n) is 8.62. The summed E-state index contributed by atoms with van der Waals surface area (Å²) in [5, 5.41) is 7.35. The summed E-state index contributed by atoms with van der Waals surface area (Å²) in [5.41, 5.74) is 2.14. The van der Waals surface area contributed by atoms with Gasteiger partial charge >= 0.3 is 0 Å². The van der Waals surface area contributed by atoms with Gasteiger partial charge in [0.05, 0.1) is 12.3 Å². The van der Waals surface area contributed by atoms with Crippen LogP contribution in [-0.2, 0) is 11.3 Å². The lowest BCUT2D eigenvalue weighted by Gasteiger charge is -2.15. The van der Waals surface area contributed by atoms with Gasteiger partial charge in [-0.3, -0.25) is 9.48 Å². The lowest BCUT2D eigenvalue weighted by Crippen LogP contribution is -2.33. The van der Waals surface area contributed by atoms with E-state index < -0.39 is 0 Å². The monoisotopic (exact) mass is 345 g/mol. The predicted octanol–water partition coefficient (Wildman–Crippen LogP) is 2.73.